The molecule has 1 N–H and O–H groups in total. The molecule has 2 aliphatic rings. The van der Waals surface area contributed by atoms with Gasteiger partial charge in [-0.1, -0.05) is 0 Å². The van der Waals surface area contributed by atoms with Crippen molar-refractivity contribution in [2.75, 3.05) is 26.2 Å². The topological polar surface area (TPSA) is 95.7 Å². The summed E-state index contributed by atoms with van der Waals surface area (Å²) in [6.07, 6.45) is 5.77. The second kappa shape index (κ2) is 6.72. The van der Waals surface area contributed by atoms with Gasteiger partial charge in [0.25, 0.3) is 0 Å². The Hall–Kier alpha value is -2.22. The van der Waals surface area contributed by atoms with Gasteiger partial charge in [0, 0.05) is 32.0 Å². The molecule has 8 nitrogen and oxygen atoms in total. The van der Waals surface area contributed by atoms with Crippen LogP contribution in [0, 0.1) is 0 Å². The van der Waals surface area contributed by atoms with Crippen LogP contribution in [-0.4, -0.2) is 68.1 Å². The van der Waals surface area contributed by atoms with Crippen molar-refractivity contribution < 1.29 is 14.7 Å². The molecule has 2 amide bonds. The first-order valence-electron chi connectivity index (χ1n) is 8.31. The Morgan fingerprint density at radius 2 is 2.00 bits per heavy atom. The van der Waals surface area contributed by atoms with Crippen LogP contribution in [0.2, 0.25) is 0 Å². The largest absolute Gasteiger partial charge is 0.395 e. The highest BCUT2D eigenvalue weighted by Gasteiger charge is 2.52. The van der Waals surface area contributed by atoms with Crippen molar-refractivity contribution in [3.63, 3.8) is 0 Å². The lowest BCUT2D eigenvalue weighted by molar-refractivity contribution is -0.156. The highest BCUT2D eigenvalue weighted by Crippen LogP contribution is 2.38. The quantitative estimate of drug-likeness (QED) is 0.779. The first-order valence-corrected chi connectivity index (χ1v) is 8.31. The zero-order valence-corrected chi connectivity index (χ0v) is 13.6. The number of hydrogen-bond acceptors (Lipinski definition) is 5. The van der Waals surface area contributed by atoms with Crippen molar-refractivity contribution in [1.82, 2.24) is 19.4 Å². The van der Waals surface area contributed by atoms with E-state index in [-0.39, 0.29) is 25.0 Å². The number of aliphatic hydroxyl groups is 1. The van der Waals surface area contributed by atoms with E-state index in [1.54, 1.807) is 15.9 Å². The number of hydrogen-bond donors (Lipinski definition) is 1. The maximum absolute atomic E-state index is 12.9. The lowest BCUT2D eigenvalue weighted by Gasteiger charge is -2.44. The van der Waals surface area contributed by atoms with E-state index in [9.17, 15) is 14.4 Å². The first kappa shape index (κ1) is 16.6. The Bertz CT molecular complexity index is 687. The van der Waals surface area contributed by atoms with Crippen molar-refractivity contribution in [3.05, 3.63) is 28.9 Å². The summed E-state index contributed by atoms with van der Waals surface area (Å²) in [6.45, 7) is 1.24. The highest BCUT2D eigenvalue weighted by molar-refractivity contribution is 5.92. The molecule has 0 radical (unpaired) electrons. The van der Waals surface area contributed by atoms with Crippen LogP contribution in [0.15, 0.2) is 23.3 Å². The highest BCUT2D eigenvalue weighted by atomic mass is 16.3. The van der Waals surface area contributed by atoms with Gasteiger partial charge in [0.2, 0.25) is 11.8 Å². The summed E-state index contributed by atoms with van der Waals surface area (Å²) in [6, 6.07) is 1.60. The fraction of sp³-hybridized carbons (Fsp3) is 0.625. The number of rotatable bonds is 4. The number of aromatic nitrogens is 2. The second-order valence-electron chi connectivity index (χ2n) is 6.33. The lowest BCUT2D eigenvalue weighted by atomic mass is 9.85. The number of piperidine rings is 1. The van der Waals surface area contributed by atoms with E-state index >= 15 is 0 Å². The van der Waals surface area contributed by atoms with Crippen LogP contribution < -0.4 is 5.69 Å². The minimum absolute atomic E-state index is 0.0767. The number of carbonyl (C=O) groups excluding carboxylic acids is 2. The Morgan fingerprint density at radius 3 is 2.71 bits per heavy atom. The van der Waals surface area contributed by atoms with Crippen LogP contribution in [0.3, 0.4) is 0 Å². The molecule has 8 heteroatoms. The molecule has 130 valence electrons. The van der Waals surface area contributed by atoms with Gasteiger partial charge >= 0.3 is 5.69 Å². The van der Waals surface area contributed by atoms with Crippen LogP contribution in [0.5, 0.6) is 0 Å². The number of aliphatic hydroxyl groups excluding tert-OH is 1. The third-order valence-corrected chi connectivity index (χ3v) is 4.95. The SMILES string of the molecule is O=C(Cn1cccnc1=O)N1CCCC12CCCN(CCO)C2=O. The molecule has 2 fully saturated rings. The fourth-order valence-corrected chi connectivity index (χ4v) is 3.86. The lowest BCUT2D eigenvalue weighted by Crippen LogP contribution is -2.62. The summed E-state index contributed by atoms with van der Waals surface area (Å²) in [5.41, 5.74) is -1.29. The second-order valence-corrected chi connectivity index (χ2v) is 6.33. The molecule has 1 unspecified atom stereocenters. The molecule has 1 aromatic rings. The van der Waals surface area contributed by atoms with Crippen LogP contribution in [-0.2, 0) is 16.1 Å². The molecule has 1 aromatic heterocycles. The molecule has 0 aliphatic carbocycles. The molecule has 0 saturated carbocycles. The standard InChI is InChI=1S/C16H22N4O4/c21-11-10-18-7-1-4-16(14(18)23)5-2-9-20(16)13(22)12-19-8-3-6-17-15(19)24/h3,6,8,21H,1-2,4-5,7,9-12H2. The van der Waals surface area contributed by atoms with E-state index in [1.807, 2.05) is 0 Å². The molecular formula is C16H22N4O4. The number of amides is 2. The van der Waals surface area contributed by atoms with Crippen molar-refractivity contribution >= 4 is 11.8 Å². The zero-order valence-electron chi connectivity index (χ0n) is 13.6. The minimum Gasteiger partial charge on any atom is -0.395 e. The van der Waals surface area contributed by atoms with E-state index in [1.165, 1.54) is 17.0 Å². The molecule has 2 saturated heterocycles. The molecule has 2 aliphatic heterocycles. The zero-order chi connectivity index (χ0) is 17.2. The third-order valence-electron chi connectivity index (χ3n) is 4.95. The summed E-state index contributed by atoms with van der Waals surface area (Å²) in [5.74, 6) is -0.311. The van der Waals surface area contributed by atoms with Gasteiger partial charge in [-0.3, -0.25) is 14.2 Å². The predicted octanol–water partition coefficient (Wildman–Crippen LogP) is -0.781. The van der Waals surface area contributed by atoms with Crippen LogP contribution in [0.4, 0.5) is 0 Å². The molecule has 24 heavy (non-hydrogen) atoms. The maximum atomic E-state index is 12.9. The Balaban J connectivity index is 1.82. The number of carbonyl (C=O) groups is 2. The monoisotopic (exact) mass is 334 g/mol. The van der Waals surface area contributed by atoms with Gasteiger partial charge in [-0.25, -0.2) is 9.78 Å². The van der Waals surface area contributed by atoms with Crippen LogP contribution in [0.1, 0.15) is 25.7 Å². The number of nitrogens with zero attached hydrogens (tertiary/aromatic N) is 4. The average molecular weight is 334 g/mol. The summed E-state index contributed by atoms with van der Waals surface area (Å²) in [5, 5.41) is 9.15. The third kappa shape index (κ3) is 2.82. The van der Waals surface area contributed by atoms with Gasteiger partial charge < -0.3 is 14.9 Å². The molecule has 0 aromatic carbocycles. The van der Waals surface area contributed by atoms with Gasteiger partial charge in [-0.05, 0) is 31.7 Å². The minimum atomic E-state index is -0.809. The van der Waals surface area contributed by atoms with Crippen molar-refractivity contribution in [3.8, 4) is 0 Å². The van der Waals surface area contributed by atoms with E-state index in [0.29, 0.717) is 32.5 Å². The normalized spacial score (nSPS) is 24.0. The van der Waals surface area contributed by atoms with Crippen LogP contribution in [0.25, 0.3) is 0 Å². The van der Waals surface area contributed by atoms with Gasteiger partial charge in [-0.15, -0.1) is 0 Å². The van der Waals surface area contributed by atoms with Crippen LogP contribution >= 0.6 is 0 Å². The Morgan fingerprint density at radius 1 is 1.25 bits per heavy atom. The molecule has 1 atom stereocenters. The van der Waals surface area contributed by atoms with Crippen molar-refractivity contribution in [2.45, 2.75) is 37.8 Å². The first-order chi connectivity index (χ1) is 11.6. The predicted molar refractivity (Wildman–Crippen MR) is 85.1 cm³/mol. The van der Waals surface area contributed by atoms with Crippen molar-refractivity contribution in [2.24, 2.45) is 0 Å². The molecule has 0 bridgehead atoms. The Labute approximate surface area is 139 Å². The van der Waals surface area contributed by atoms with Crippen molar-refractivity contribution in [1.29, 1.82) is 0 Å². The summed E-state index contributed by atoms with van der Waals surface area (Å²) < 4.78 is 1.26. The summed E-state index contributed by atoms with van der Waals surface area (Å²) in [7, 11) is 0. The average Bonchev–Trinajstić information content (AvgIpc) is 2.99. The van der Waals surface area contributed by atoms with Gasteiger partial charge in [0.1, 0.15) is 12.1 Å². The number of β-amino-alcohol motifs (C(OH)–C–C–N with tert-alkyl or cyclic N) is 1. The smallest absolute Gasteiger partial charge is 0.347 e. The Kier molecular flexibility index (Phi) is 4.66. The van der Waals surface area contributed by atoms with E-state index < -0.39 is 11.2 Å². The van der Waals surface area contributed by atoms with E-state index in [2.05, 4.69) is 4.98 Å². The van der Waals surface area contributed by atoms with E-state index in [0.717, 1.165) is 12.8 Å². The summed E-state index contributed by atoms with van der Waals surface area (Å²) >= 11 is 0. The van der Waals surface area contributed by atoms with Gasteiger partial charge in [-0.2, -0.15) is 0 Å². The molecule has 3 heterocycles. The van der Waals surface area contributed by atoms with E-state index in [4.69, 9.17) is 5.11 Å². The maximum Gasteiger partial charge on any atom is 0.347 e. The fourth-order valence-electron chi connectivity index (χ4n) is 3.86. The summed E-state index contributed by atoms with van der Waals surface area (Å²) in [4.78, 5) is 44.3. The number of likely N-dealkylation sites (tertiary alicyclic amines) is 2. The van der Waals surface area contributed by atoms with Gasteiger partial charge in [0.15, 0.2) is 0 Å². The molecule has 3 rings (SSSR count). The molecule has 1 spiro atoms. The van der Waals surface area contributed by atoms with Gasteiger partial charge in [0.05, 0.1) is 6.61 Å². The molecular weight excluding hydrogens is 312 g/mol.